The van der Waals surface area contributed by atoms with E-state index in [1.807, 2.05) is 54.0 Å². The topological polar surface area (TPSA) is 69.6 Å². The molecule has 1 aromatic carbocycles. The number of hydrogen-bond donors (Lipinski definition) is 1. The Kier molecular flexibility index (Phi) is 2.68. The summed E-state index contributed by atoms with van der Waals surface area (Å²) in [5, 5.41) is 6.47. The average molecular weight is 293 g/mol. The van der Waals surface area contributed by atoms with E-state index in [9.17, 15) is 0 Å². The molecule has 0 bridgehead atoms. The molecule has 0 aliphatic rings. The summed E-state index contributed by atoms with van der Waals surface area (Å²) in [4.78, 5) is 9.91. The summed E-state index contributed by atoms with van der Waals surface area (Å²) in [5.74, 6) is 1.04. The number of nitrogen functional groups attached to an aromatic ring is 1. The van der Waals surface area contributed by atoms with Crippen LogP contribution in [0.15, 0.2) is 54.0 Å². The van der Waals surface area contributed by atoms with Gasteiger partial charge in [0, 0.05) is 0 Å². The highest BCUT2D eigenvalue weighted by molar-refractivity contribution is 7.13. The molecular formula is C15H11N5S. The van der Waals surface area contributed by atoms with Crippen molar-refractivity contribution in [2.75, 3.05) is 5.73 Å². The van der Waals surface area contributed by atoms with Crippen LogP contribution in [0.5, 0.6) is 0 Å². The number of para-hydroxylation sites is 1. The summed E-state index contributed by atoms with van der Waals surface area (Å²) in [6.07, 6.45) is 1.87. The van der Waals surface area contributed by atoms with Crippen LogP contribution in [-0.4, -0.2) is 19.7 Å². The van der Waals surface area contributed by atoms with Gasteiger partial charge >= 0.3 is 0 Å². The minimum absolute atomic E-state index is 0.401. The molecule has 21 heavy (non-hydrogen) atoms. The summed E-state index contributed by atoms with van der Waals surface area (Å²) in [5.41, 5.74) is 8.37. The predicted molar refractivity (Wildman–Crippen MR) is 84.4 cm³/mol. The van der Waals surface area contributed by atoms with Crippen molar-refractivity contribution in [3.8, 4) is 16.4 Å². The molecule has 0 spiro atoms. The standard InChI is InChI=1S/C15H11N5S/c16-14-13-11(17-15(18-14)12-7-4-8-21-12)9-20(19-13)10-5-2-1-3-6-10/h1-9H,(H2,16,17,18). The summed E-state index contributed by atoms with van der Waals surface area (Å²) in [7, 11) is 0. The molecule has 3 aromatic heterocycles. The number of hydrogen-bond acceptors (Lipinski definition) is 5. The van der Waals surface area contributed by atoms with Crippen LogP contribution in [0.1, 0.15) is 0 Å². The van der Waals surface area contributed by atoms with E-state index in [-0.39, 0.29) is 0 Å². The van der Waals surface area contributed by atoms with E-state index in [2.05, 4.69) is 15.1 Å². The zero-order chi connectivity index (χ0) is 14.2. The van der Waals surface area contributed by atoms with E-state index in [0.717, 1.165) is 16.1 Å². The first-order valence-electron chi connectivity index (χ1n) is 6.43. The lowest BCUT2D eigenvalue weighted by atomic mass is 10.3. The first kappa shape index (κ1) is 12.0. The molecule has 0 aliphatic heterocycles. The summed E-state index contributed by atoms with van der Waals surface area (Å²) < 4.78 is 1.77. The highest BCUT2D eigenvalue weighted by Crippen LogP contribution is 2.25. The monoisotopic (exact) mass is 293 g/mol. The van der Waals surface area contributed by atoms with Gasteiger partial charge in [0.05, 0.1) is 16.8 Å². The van der Waals surface area contributed by atoms with E-state index in [4.69, 9.17) is 5.73 Å². The maximum Gasteiger partial charge on any atom is 0.172 e. The smallest absolute Gasteiger partial charge is 0.172 e. The molecule has 5 nitrogen and oxygen atoms in total. The number of nitrogens with zero attached hydrogens (tertiary/aromatic N) is 4. The predicted octanol–water partition coefficient (Wildman–Crippen LogP) is 3.13. The Labute approximate surface area is 124 Å². The Morgan fingerprint density at radius 3 is 2.62 bits per heavy atom. The third kappa shape index (κ3) is 2.05. The third-order valence-electron chi connectivity index (χ3n) is 3.15. The molecule has 0 unspecified atom stereocenters. The second-order valence-corrected chi connectivity index (χ2v) is 5.50. The largest absolute Gasteiger partial charge is 0.382 e. The Morgan fingerprint density at radius 2 is 1.86 bits per heavy atom. The molecule has 3 heterocycles. The number of thiophene rings is 1. The number of benzene rings is 1. The average Bonchev–Trinajstić information content (AvgIpc) is 3.17. The minimum atomic E-state index is 0.401. The molecule has 6 heteroatoms. The van der Waals surface area contributed by atoms with Gasteiger partial charge in [0.2, 0.25) is 0 Å². The van der Waals surface area contributed by atoms with Gasteiger partial charge in [0.1, 0.15) is 5.52 Å². The normalized spacial score (nSPS) is 11.0. The van der Waals surface area contributed by atoms with Gasteiger partial charge in [-0.15, -0.1) is 11.3 Å². The Bertz CT molecular complexity index is 897. The maximum absolute atomic E-state index is 6.03. The second kappa shape index (κ2) is 4.68. The lowest BCUT2D eigenvalue weighted by Crippen LogP contribution is -1.97. The molecule has 0 atom stereocenters. The molecule has 0 fully saturated rings. The molecular weight excluding hydrogens is 282 g/mol. The summed E-state index contributed by atoms with van der Waals surface area (Å²) >= 11 is 1.59. The Morgan fingerprint density at radius 1 is 1.00 bits per heavy atom. The van der Waals surface area contributed by atoms with Gasteiger partial charge in [0.25, 0.3) is 0 Å². The minimum Gasteiger partial charge on any atom is -0.382 e. The fourth-order valence-corrected chi connectivity index (χ4v) is 2.82. The lowest BCUT2D eigenvalue weighted by molar-refractivity contribution is 0.896. The van der Waals surface area contributed by atoms with E-state index >= 15 is 0 Å². The van der Waals surface area contributed by atoms with Crippen LogP contribution in [-0.2, 0) is 0 Å². The van der Waals surface area contributed by atoms with E-state index in [1.165, 1.54) is 0 Å². The number of anilines is 1. The van der Waals surface area contributed by atoms with Crippen LogP contribution in [0.4, 0.5) is 5.82 Å². The van der Waals surface area contributed by atoms with E-state index in [1.54, 1.807) is 16.0 Å². The first-order valence-corrected chi connectivity index (χ1v) is 7.31. The van der Waals surface area contributed by atoms with Crippen LogP contribution in [0.2, 0.25) is 0 Å². The molecule has 0 radical (unpaired) electrons. The van der Waals surface area contributed by atoms with Crippen LogP contribution >= 0.6 is 11.3 Å². The Hall–Kier alpha value is -2.73. The van der Waals surface area contributed by atoms with Crippen LogP contribution < -0.4 is 5.73 Å². The molecule has 0 amide bonds. The van der Waals surface area contributed by atoms with Crippen molar-refractivity contribution in [2.24, 2.45) is 0 Å². The molecule has 0 saturated carbocycles. The fraction of sp³-hybridized carbons (Fsp3) is 0. The highest BCUT2D eigenvalue weighted by Gasteiger charge is 2.12. The van der Waals surface area contributed by atoms with Crippen LogP contribution in [0.3, 0.4) is 0 Å². The number of nitrogens with two attached hydrogens (primary N) is 1. The van der Waals surface area contributed by atoms with Crippen molar-refractivity contribution < 1.29 is 0 Å². The maximum atomic E-state index is 6.03. The summed E-state index contributed by atoms with van der Waals surface area (Å²) in [6, 6.07) is 13.8. The van der Waals surface area contributed by atoms with Crippen molar-refractivity contribution in [1.29, 1.82) is 0 Å². The Balaban J connectivity index is 1.90. The van der Waals surface area contributed by atoms with E-state index in [0.29, 0.717) is 17.2 Å². The van der Waals surface area contributed by atoms with Crippen LogP contribution in [0.25, 0.3) is 27.4 Å². The zero-order valence-electron chi connectivity index (χ0n) is 11.0. The van der Waals surface area contributed by atoms with Gasteiger partial charge in [-0.3, -0.25) is 0 Å². The van der Waals surface area contributed by atoms with Gasteiger partial charge in [-0.05, 0) is 23.6 Å². The van der Waals surface area contributed by atoms with Gasteiger partial charge in [-0.2, -0.15) is 5.10 Å². The molecule has 0 aliphatic carbocycles. The first-order chi connectivity index (χ1) is 10.3. The van der Waals surface area contributed by atoms with Crippen molar-refractivity contribution in [2.45, 2.75) is 0 Å². The fourth-order valence-electron chi connectivity index (χ4n) is 2.16. The molecule has 4 rings (SSSR count). The van der Waals surface area contributed by atoms with Gasteiger partial charge in [-0.25, -0.2) is 14.6 Å². The quantitative estimate of drug-likeness (QED) is 0.616. The zero-order valence-corrected chi connectivity index (χ0v) is 11.8. The molecule has 2 N–H and O–H groups in total. The summed E-state index contributed by atoms with van der Waals surface area (Å²) in [6.45, 7) is 0. The van der Waals surface area contributed by atoms with Crippen molar-refractivity contribution in [3.63, 3.8) is 0 Å². The number of fused-ring (bicyclic) bond motifs is 1. The van der Waals surface area contributed by atoms with Crippen molar-refractivity contribution >= 4 is 28.2 Å². The SMILES string of the molecule is Nc1nc(-c2cccs2)nc2cn(-c3ccccc3)nc12. The number of rotatable bonds is 2. The molecule has 4 aromatic rings. The molecule has 102 valence electrons. The van der Waals surface area contributed by atoms with Gasteiger partial charge in [0.15, 0.2) is 17.2 Å². The molecule has 0 saturated heterocycles. The second-order valence-electron chi connectivity index (χ2n) is 4.55. The van der Waals surface area contributed by atoms with E-state index < -0.39 is 0 Å². The third-order valence-corrected chi connectivity index (χ3v) is 4.02. The van der Waals surface area contributed by atoms with Crippen LogP contribution in [0, 0.1) is 0 Å². The lowest BCUT2D eigenvalue weighted by Gasteiger charge is -1.98. The number of aromatic nitrogens is 4. The van der Waals surface area contributed by atoms with Crippen molar-refractivity contribution in [1.82, 2.24) is 19.7 Å². The highest BCUT2D eigenvalue weighted by atomic mass is 32.1. The van der Waals surface area contributed by atoms with Gasteiger partial charge < -0.3 is 5.73 Å². The van der Waals surface area contributed by atoms with Gasteiger partial charge in [-0.1, -0.05) is 24.3 Å². The van der Waals surface area contributed by atoms with Crippen molar-refractivity contribution in [3.05, 3.63) is 54.0 Å².